The van der Waals surface area contributed by atoms with E-state index in [0.29, 0.717) is 28.1 Å². The van der Waals surface area contributed by atoms with Crippen LogP contribution < -0.4 is 14.9 Å². The van der Waals surface area contributed by atoms with Gasteiger partial charge in [-0.3, -0.25) is 5.43 Å². The Labute approximate surface area is 151 Å². The van der Waals surface area contributed by atoms with Gasteiger partial charge in [0.05, 0.1) is 31.2 Å². The molecule has 2 aromatic carbocycles. The van der Waals surface area contributed by atoms with Gasteiger partial charge in [0.1, 0.15) is 0 Å². The fourth-order valence-corrected chi connectivity index (χ4v) is 2.44. The van der Waals surface area contributed by atoms with E-state index in [0.717, 1.165) is 12.1 Å². The Balaban J connectivity index is 2.18. The summed E-state index contributed by atoms with van der Waals surface area (Å²) in [5.41, 5.74) is 2.77. The largest absolute Gasteiger partial charge is 0.493 e. The maximum Gasteiger partial charge on any atom is 0.416 e. The highest BCUT2D eigenvalue weighted by Crippen LogP contribution is 2.33. The SMILES string of the molecule is CCOc1cc(/C=N/Nc2cccc(C(F)(F)F)c2)c(Br)cc1OC. The molecular formula is C17H16BrF3N2O2. The van der Waals surface area contributed by atoms with Crippen molar-refractivity contribution in [3.63, 3.8) is 0 Å². The standard InChI is InChI=1S/C17H16BrF3N2O2/c1-3-25-16-7-11(14(18)9-15(16)24-2)10-22-23-13-6-4-5-12(8-13)17(19,20)21/h4-10,23H,3H2,1-2H3/b22-10+. The number of rotatable bonds is 6. The van der Waals surface area contributed by atoms with Gasteiger partial charge >= 0.3 is 6.18 Å². The maximum absolute atomic E-state index is 12.7. The monoisotopic (exact) mass is 416 g/mol. The van der Waals surface area contributed by atoms with Crippen molar-refractivity contribution in [3.05, 3.63) is 52.0 Å². The number of methoxy groups -OCH3 is 1. The Hall–Kier alpha value is -2.22. The topological polar surface area (TPSA) is 42.8 Å². The summed E-state index contributed by atoms with van der Waals surface area (Å²) in [6.45, 7) is 2.32. The Morgan fingerprint density at radius 1 is 1.20 bits per heavy atom. The molecule has 0 spiro atoms. The number of benzene rings is 2. The molecule has 0 fully saturated rings. The Kier molecular flexibility index (Phi) is 6.30. The minimum absolute atomic E-state index is 0.237. The quantitative estimate of drug-likeness (QED) is 0.511. The molecule has 0 aromatic heterocycles. The molecule has 0 saturated carbocycles. The number of hydrogen-bond acceptors (Lipinski definition) is 4. The lowest BCUT2D eigenvalue weighted by atomic mass is 10.2. The predicted molar refractivity (Wildman–Crippen MR) is 94.5 cm³/mol. The van der Waals surface area contributed by atoms with E-state index in [9.17, 15) is 13.2 Å². The van der Waals surface area contributed by atoms with Gasteiger partial charge in [0.15, 0.2) is 11.5 Å². The van der Waals surface area contributed by atoms with E-state index in [1.54, 1.807) is 12.1 Å². The highest BCUT2D eigenvalue weighted by atomic mass is 79.9. The number of nitrogens with zero attached hydrogens (tertiary/aromatic N) is 1. The first-order valence-corrected chi connectivity index (χ1v) is 8.11. The lowest BCUT2D eigenvalue weighted by Crippen LogP contribution is -2.05. The minimum atomic E-state index is -4.40. The fourth-order valence-electron chi connectivity index (χ4n) is 2.02. The van der Waals surface area contributed by atoms with E-state index < -0.39 is 11.7 Å². The summed E-state index contributed by atoms with van der Waals surface area (Å²) >= 11 is 3.39. The molecule has 0 aliphatic carbocycles. The third-order valence-corrected chi connectivity index (χ3v) is 3.86. The molecule has 134 valence electrons. The number of hydrogen-bond donors (Lipinski definition) is 1. The molecule has 0 radical (unpaired) electrons. The van der Waals surface area contributed by atoms with Crippen molar-refractivity contribution in [2.24, 2.45) is 5.10 Å². The van der Waals surface area contributed by atoms with Crippen LogP contribution >= 0.6 is 15.9 Å². The molecule has 8 heteroatoms. The Morgan fingerprint density at radius 3 is 2.60 bits per heavy atom. The van der Waals surface area contributed by atoms with Crippen molar-refractivity contribution in [2.75, 3.05) is 19.1 Å². The first kappa shape index (κ1) is 19.1. The van der Waals surface area contributed by atoms with Crippen LogP contribution in [0.4, 0.5) is 18.9 Å². The van der Waals surface area contributed by atoms with Crippen LogP contribution in [0.2, 0.25) is 0 Å². The molecule has 4 nitrogen and oxygen atoms in total. The number of ether oxygens (including phenoxy) is 2. The number of nitrogens with one attached hydrogen (secondary N) is 1. The Morgan fingerprint density at radius 2 is 1.96 bits per heavy atom. The van der Waals surface area contributed by atoms with Gasteiger partial charge in [-0.2, -0.15) is 18.3 Å². The molecule has 2 aromatic rings. The van der Waals surface area contributed by atoms with Crippen LogP contribution in [0.25, 0.3) is 0 Å². The first-order valence-electron chi connectivity index (χ1n) is 7.31. The number of anilines is 1. The molecular weight excluding hydrogens is 401 g/mol. The zero-order valence-corrected chi connectivity index (χ0v) is 15.1. The second kappa shape index (κ2) is 8.24. The van der Waals surface area contributed by atoms with E-state index in [4.69, 9.17) is 9.47 Å². The van der Waals surface area contributed by atoms with Gasteiger partial charge < -0.3 is 9.47 Å². The van der Waals surface area contributed by atoms with Gasteiger partial charge in [0.25, 0.3) is 0 Å². The molecule has 0 amide bonds. The summed E-state index contributed by atoms with van der Waals surface area (Å²) in [6.07, 6.45) is -2.92. The summed E-state index contributed by atoms with van der Waals surface area (Å²) < 4.78 is 49.5. The molecule has 1 N–H and O–H groups in total. The van der Waals surface area contributed by atoms with Gasteiger partial charge in [-0.25, -0.2) is 0 Å². The second-order valence-corrected chi connectivity index (χ2v) is 5.76. The maximum atomic E-state index is 12.7. The molecule has 0 saturated heterocycles. The van der Waals surface area contributed by atoms with Crippen molar-refractivity contribution >= 4 is 27.8 Å². The first-order chi connectivity index (χ1) is 11.8. The molecule has 0 atom stereocenters. The Bertz CT molecular complexity index is 764. The van der Waals surface area contributed by atoms with E-state index in [1.165, 1.54) is 25.5 Å². The van der Waals surface area contributed by atoms with Crippen LogP contribution in [-0.4, -0.2) is 19.9 Å². The highest BCUT2D eigenvalue weighted by Gasteiger charge is 2.30. The predicted octanol–water partition coefficient (Wildman–Crippen LogP) is 5.32. The minimum Gasteiger partial charge on any atom is -0.493 e. The van der Waals surface area contributed by atoms with Crippen LogP contribution in [0.3, 0.4) is 0 Å². The van der Waals surface area contributed by atoms with E-state index in [1.807, 2.05) is 6.92 Å². The van der Waals surface area contributed by atoms with Crippen molar-refractivity contribution in [1.82, 2.24) is 0 Å². The van der Waals surface area contributed by atoms with Gasteiger partial charge in [-0.1, -0.05) is 6.07 Å². The smallest absolute Gasteiger partial charge is 0.416 e. The summed E-state index contributed by atoms with van der Waals surface area (Å²) in [6, 6.07) is 8.27. The second-order valence-electron chi connectivity index (χ2n) is 4.91. The lowest BCUT2D eigenvalue weighted by molar-refractivity contribution is -0.137. The van der Waals surface area contributed by atoms with Gasteiger partial charge in [-0.15, -0.1) is 0 Å². The summed E-state index contributed by atoms with van der Waals surface area (Å²) in [4.78, 5) is 0. The van der Waals surface area contributed by atoms with Crippen LogP contribution in [0.5, 0.6) is 11.5 Å². The molecule has 2 rings (SSSR count). The molecule has 25 heavy (non-hydrogen) atoms. The number of halogens is 4. The molecule has 0 heterocycles. The zero-order chi connectivity index (χ0) is 18.4. The number of alkyl halides is 3. The van der Waals surface area contributed by atoms with Crippen molar-refractivity contribution in [2.45, 2.75) is 13.1 Å². The van der Waals surface area contributed by atoms with Crippen LogP contribution in [0.15, 0.2) is 46.0 Å². The third kappa shape index (κ3) is 5.12. The number of hydrazone groups is 1. The zero-order valence-electron chi connectivity index (χ0n) is 13.5. The van der Waals surface area contributed by atoms with E-state index in [2.05, 4.69) is 26.5 Å². The van der Waals surface area contributed by atoms with Crippen LogP contribution in [0, 0.1) is 0 Å². The van der Waals surface area contributed by atoms with Gasteiger partial charge in [0, 0.05) is 10.0 Å². The van der Waals surface area contributed by atoms with Gasteiger partial charge in [0.2, 0.25) is 0 Å². The summed E-state index contributed by atoms with van der Waals surface area (Å²) in [5.74, 6) is 1.12. The average Bonchev–Trinajstić information content (AvgIpc) is 2.57. The van der Waals surface area contributed by atoms with Crippen molar-refractivity contribution < 1.29 is 22.6 Å². The van der Waals surface area contributed by atoms with Crippen molar-refractivity contribution in [1.29, 1.82) is 0 Å². The van der Waals surface area contributed by atoms with E-state index in [-0.39, 0.29) is 5.69 Å². The average molecular weight is 417 g/mol. The fraction of sp³-hybridized carbons (Fsp3) is 0.235. The van der Waals surface area contributed by atoms with Crippen LogP contribution in [-0.2, 0) is 6.18 Å². The van der Waals surface area contributed by atoms with E-state index >= 15 is 0 Å². The van der Waals surface area contributed by atoms with Crippen LogP contribution in [0.1, 0.15) is 18.1 Å². The normalized spacial score (nSPS) is 11.6. The van der Waals surface area contributed by atoms with Crippen molar-refractivity contribution in [3.8, 4) is 11.5 Å². The summed E-state index contributed by atoms with van der Waals surface area (Å²) in [5, 5.41) is 3.98. The molecule has 0 unspecified atom stereocenters. The third-order valence-electron chi connectivity index (χ3n) is 3.17. The molecule has 0 bridgehead atoms. The lowest BCUT2D eigenvalue weighted by Gasteiger charge is -2.11. The highest BCUT2D eigenvalue weighted by molar-refractivity contribution is 9.10. The molecule has 0 aliphatic rings. The molecule has 0 aliphatic heterocycles. The summed E-state index contributed by atoms with van der Waals surface area (Å²) in [7, 11) is 1.53. The van der Waals surface area contributed by atoms with Gasteiger partial charge in [-0.05, 0) is 53.2 Å².